The van der Waals surface area contributed by atoms with Crippen LogP contribution in [-0.2, 0) is 14.2 Å². The number of rotatable bonds is 9. The molecule has 0 aromatic heterocycles. The van der Waals surface area contributed by atoms with Crippen molar-refractivity contribution in [3.63, 3.8) is 0 Å². The van der Waals surface area contributed by atoms with Crippen molar-refractivity contribution in [1.29, 1.82) is 0 Å². The van der Waals surface area contributed by atoms with E-state index in [-0.39, 0.29) is 30.1 Å². The maximum absolute atomic E-state index is 12.2. The summed E-state index contributed by atoms with van der Waals surface area (Å²) in [5.74, 6) is 1.38. The van der Waals surface area contributed by atoms with E-state index < -0.39 is 5.60 Å². The van der Waals surface area contributed by atoms with Crippen molar-refractivity contribution in [2.45, 2.75) is 39.7 Å². The minimum atomic E-state index is -0.482. The molecule has 1 aliphatic heterocycles. The van der Waals surface area contributed by atoms with E-state index in [2.05, 4.69) is 15.2 Å². The van der Waals surface area contributed by atoms with Crippen molar-refractivity contribution in [2.24, 2.45) is 10.9 Å². The van der Waals surface area contributed by atoms with E-state index in [1.54, 1.807) is 19.1 Å². The Labute approximate surface area is 187 Å². The molecule has 0 saturated carbocycles. The fourth-order valence-corrected chi connectivity index (χ4v) is 2.89. The molecule has 0 aromatic carbocycles. The third-order valence-electron chi connectivity index (χ3n) is 4.28. The Morgan fingerprint density at radius 2 is 2.04 bits per heavy atom. The fourth-order valence-electron chi connectivity index (χ4n) is 2.89. The third kappa shape index (κ3) is 10.7. The monoisotopic (exact) mass is 514 g/mol. The first-order valence-electron chi connectivity index (χ1n) is 9.80. The normalized spacial score (nSPS) is 17.3. The molecular weight excluding hydrogens is 475 g/mol. The molecule has 8 nitrogen and oxygen atoms in total. The van der Waals surface area contributed by atoms with Crippen molar-refractivity contribution >= 4 is 36.0 Å². The lowest BCUT2D eigenvalue weighted by atomic mass is 10.1. The molecule has 1 aliphatic rings. The molecule has 1 fully saturated rings. The highest BCUT2D eigenvalue weighted by molar-refractivity contribution is 14.0. The smallest absolute Gasteiger partial charge is 0.410 e. The molecule has 1 unspecified atom stereocenters. The van der Waals surface area contributed by atoms with Crippen LogP contribution in [0.1, 0.15) is 34.1 Å². The predicted octanol–water partition coefficient (Wildman–Crippen LogP) is 2.42. The van der Waals surface area contributed by atoms with E-state index in [1.165, 1.54) is 0 Å². The van der Waals surface area contributed by atoms with Gasteiger partial charge in [-0.15, -0.1) is 24.0 Å². The highest BCUT2D eigenvalue weighted by atomic mass is 127. The van der Waals surface area contributed by atoms with Gasteiger partial charge in [-0.05, 0) is 34.1 Å². The number of nitrogens with zero attached hydrogens (tertiary/aromatic N) is 3. The van der Waals surface area contributed by atoms with Crippen LogP contribution in [0.3, 0.4) is 0 Å². The van der Waals surface area contributed by atoms with Crippen LogP contribution in [0.25, 0.3) is 0 Å². The number of halogens is 1. The van der Waals surface area contributed by atoms with E-state index in [0.717, 1.165) is 32.1 Å². The van der Waals surface area contributed by atoms with Crippen molar-refractivity contribution in [3.8, 4) is 0 Å². The van der Waals surface area contributed by atoms with Crippen LogP contribution in [-0.4, -0.2) is 94.2 Å². The van der Waals surface area contributed by atoms with Gasteiger partial charge >= 0.3 is 6.09 Å². The second-order valence-electron chi connectivity index (χ2n) is 7.70. The molecule has 1 rings (SSSR count). The summed E-state index contributed by atoms with van der Waals surface area (Å²) >= 11 is 0. The molecular formula is C19H39IN4O4. The summed E-state index contributed by atoms with van der Waals surface area (Å²) in [6, 6.07) is 0. The van der Waals surface area contributed by atoms with Gasteiger partial charge in [0, 0.05) is 52.8 Å². The molecule has 0 bridgehead atoms. The van der Waals surface area contributed by atoms with Gasteiger partial charge in [0.05, 0.1) is 19.8 Å². The minimum Gasteiger partial charge on any atom is -0.444 e. The zero-order valence-electron chi connectivity index (χ0n) is 18.3. The van der Waals surface area contributed by atoms with Gasteiger partial charge in [0.25, 0.3) is 0 Å². The topological polar surface area (TPSA) is 75.6 Å². The maximum atomic E-state index is 12.2. The van der Waals surface area contributed by atoms with Crippen molar-refractivity contribution in [2.75, 3.05) is 66.7 Å². The first-order valence-corrected chi connectivity index (χ1v) is 9.80. The second-order valence-corrected chi connectivity index (χ2v) is 7.70. The third-order valence-corrected chi connectivity index (χ3v) is 4.28. The number of amides is 1. The summed E-state index contributed by atoms with van der Waals surface area (Å²) in [6.07, 6.45) is 0.809. The van der Waals surface area contributed by atoms with Crippen molar-refractivity contribution < 1.29 is 19.0 Å². The lowest BCUT2D eigenvalue weighted by Gasteiger charge is -2.27. The second kappa shape index (κ2) is 14.2. The lowest BCUT2D eigenvalue weighted by Crippen LogP contribution is -2.45. The molecule has 28 heavy (non-hydrogen) atoms. The number of nitrogens with one attached hydrogen (secondary N) is 1. The SMILES string of the molecule is CCN(CCNC(=NC)N1CCC(COCCOC)C1)C(=O)OC(C)(C)C.I. The summed E-state index contributed by atoms with van der Waals surface area (Å²) in [5.41, 5.74) is -0.482. The number of hydrogen-bond acceptors (Lipinski definition) is 5. The standard InChI is InChI=1S/C19H38N4O4.HI/c1-7-22(18(24)27-19(2,3)4)11-9-21-17(20-5)23-10-8-16(14-23)15-26-13-12-25-6;/h16H,7-15H2,1-6H3,(H,20,21);1H. The van der Waals surface area contributed by atoms with E-state index >= 15 is 0 Å². The molecule has 1 N–H and O–H groups in total. The molecule has 0 aliphatic carbocycles. The van der Waals surface area contributed by atoms with Crippen LogP contribution in [0.5, 0.6) is 0 Å². The van der Waals surface area contributed by atoms with Gasteiger partial charge in [0.15, 0.2) is 5.96 Å². The molecule has 9 heteroatoms. The zero-order chi connectivity index (χ0) is 20.3. The molecule has 0 radical (unpaired) electrons. The maximum Gasteiger partial charge on any atom is 0.410 e. The van der Waals surface area contributed by atoms with Crippen LogP contribution in [0.2, 0.25) is 0 Å². The molecule has 0 spiro atoms. The summed E-state index contributed by atoms with van der Waals surface area (Å²) in [6.45, 7) is 13.3. The van der Waals surface area contributed by atoms with Crippen LogP contribution in [0, 0.1) is 5.92 Å². The molecule has 166 valence electrons. The van der Waals surface area contributed by atoms with E-state index in [0.29, 0.717) is 38.8 Å². The van der Waals surface area contributed by atoms with Crippen LogP contribution in [0.4, 0.5) is 4.79 Å². The number of ether oxygens (including phenoxy) is 3. The zero-order valence-corrected chi connectivity index (χ0v) is 20.7. The first kappa shape index (κ1) is 27.2. The van der Waals surface area contributed by atoms with Gasteiger partial charge in [0.1, 0.15) is 5.60 Å². The Morgan fingerprint density at radius 1 is 1.32 bits per heavy atom. The number of likely N-dealkylation sites (tertiary alicyclic amines) is 1. The largest absolute Gasteiger partial charge is 0.444 e. The Hall–Kier alpha value is -0.810. The van der Waals surface area contributed by atoms with E-state index in [1.807, 2.05) is 27.7 Å². The summed E-state index contributed by atoms with van der Waals surface area (Å²) in [4.78, 5) is 20.5. The Kier molecular flexibility index (Phi) is 13.8. The predicted molar refractivity (Wildman–Crippen MR) is 123 cm³/mol. The minimum absolute atomic E-state index is 0. The number of guanidine groups is 1. The molecule has 0 aromatic rings. The molecule has 1 saturated heterocycles. The van der Waals surface area contributed by atoms with Gasteiger partial charge in [-0.2, -0.15) is 0 Å². The van der Waals surface area contributed by atoms with Crippen LogP contribution < -0.4 is 5.32 Å². The van der Waals surface area contributed by atoms with E-state index in [9.17, 15) is 4.79 Å². The van der Waals surface area contributed by atoms with Gasteiger partial charge in [-0.3, -0.25) is 4.99 Å². The highest BCUT2D eigenvalue weighted by Crippen LogP contribution is 2.16. The Bertz CT molecular complexity index is 471. The Balaban J connectivity index is 0.00000729. The number of aliphatic imine (C=N–C) groups is 1. The van der Waals surface area contributed by atoms with Crippen molar-refractivity contribution in [3.05, 3.63) is 0 Å². The quantitative estimate of drug-likeness (QED) is 0.221. The van der Waals surface area contributed by atoms with Gasteiger partial charge in [-0.25, -0.2) is 4.79 Å². The molecule has 1 amide bonds. The van der Waals surface area contributed by atoms with Crippen molar-refractivity contribution in [1.82, 2.24) is 15.1 Å². The average Bonchev–Trinajstić information content (AvgIpc) is 3.06. The number of methoxy groups -OCH3 is 1. The Morgan fingerprint density at radius 3 is 2.61 bits per heavy atom. The lowest BCUT2D eigenvalue weighted by molar-refractivity contribution is 0.0263. The number of hydrogen-bond donors (Lipinski definition) is 1. The van der Waals surface area contributed by atoms with Gasteiger partial charge in [-0.1, -0.05) is 0 Å². The fraction of sp³-hybridized carbons (Fsp3) is 0.895. The summed E-state index contributed by atoms with van der Waals surface area (Å²) in [7, 11) is 3.47. The average molecular weight is 514 g/mol. The summed E-state index contributed by atoms with van der Waals surface area (Å²) in [5, 5.41) is 3.36. The highest BCUT2D eigenvalue weighted by Gasteiger charge is 2.25. The number of carbonyl (C=O) groups excluding carboxylic acids is 1. The number of carbonyl (C=O) groups is 1. The number of likely N-dealkylation sites (N-methyl/N-ethyl adjacent to an activating group) is 1. The van der Waals surface area contributed by atoms with Crippen LogP contribution >= 0.6 is 24.0 Å². The molecule has 1 atom stereocenters. The first-order chi connectivity index (χ1) is 12.8. The summed E-state index contributed by atoms with van der Waals surface area (Å²) < 4.78 is 16.1. The van der Waals surface area contributed by atoms with Gasteiger partial charge in [0.2, 0.25) is 0 Å². The molecule has 1 heterocycles. The van der Waals surface area contributed by atoms with Gasteiger partial charge < -0.3 is 29.3 Å². The van der Waals surface area contributed by atoms with E-state index in [4.69, 9.17) is 14.2 Å². The van der Waals surface area contributed by atoms with Crippen LogP contribution in [0.15, 0.2) is 4.99 Å².